The van der Waals surface area contributed by atoms with Crippen LogP contribution in [-0.2, 0) is 0 Å². The predicted octanol–water partition coefficient (Wildman–Crippen LogP) is 5.79. The number of rotatable bonds is 3. The molecule has 3 aromatic carbocycles. The number of imidazole rings is 1. The van der Waals surface area contributed by atoms with E-state index >= 15 is 0 Å². The molecule has 4 rings (SSSR count). The molecule has 0 spiro atoms. The summed E-state index contributed by atoms with van der Waals surface area (Å²) in [5.74, 6) is 0.544. The minimum absolute atomic E-state index is 0.185. The van der Waals surface area contributed by atoms with Crippen molar-refractivity contribution in [1.82, 2.24) is 9.97 Å². The summed E-state index contributed by atoms with van der Waals surface area (Å²) in [6, 6.07) is 19.7. The van der Waals surface area contributed by atoms with Gasteiger partial charge in [0.2, 0.25) is 0 Å². The number of amides is 1. The Morgan fingerprint density at radius 1 is 0.885 bits per heavy atom. The van der Waals surface area contributed by atoms with Gasteiger partial charge in [-0.05, 0) is 54.6 Å². The summed E-state index contributed by atoms with van der Waals surface area (Å²) >= 11 is 11.9. The standard InChI is InChI=1S/C20H13Cl2N3O/c21-14-5-8-16(9-6-14)23-20(26)13-3-1-12(2-4-13)19-24-17-10-7-15(22)11-18(17)25-19/h1-11H,(H,23,26)(H,24,25). The second-order valence-corrected chi connectivity index (χ2v) is 6.66. The molecule has 0 saturated carbocycles. The average molecular weight is 382 g/mol. The van der Waals surface area contributed by atoms with E-state index in [1.54, 1.807) is 42.5 Å². The molecule has 1 heterocycles. The molecule has 6 heteroatoms. The summed E-state index contributed by atoms with van der Waals surface area (Å²) < 4.78 is 0. The molecule has 0 bridgehead atoms. The van der Waals surface area contributed by atoms with Gasteiger partial charge in [-0.2, -0.15) is 0 Å². The van der Waals surface area contributed by atoms with Crippen LogP contribution in [0.15, 0.2) is 66.7 Å². The number of anilines is 1. The van der Waals surface area contributed by atoms with Crippen molar-refractivity contribution in [2.45, 2.75) is 0 Å². The van der Waals surface area contributed by atoms with Gasteiger partial charge < -0.3 is 10.3 Å². The van der Waals surface area contributed by atoms with Crippen LogP contribution in [0.3, 0.4) is 0 Å². The molecule has 0 radical (unpaired) electrons. The summed E-state index contributed by atoms with van der Waals surface area (Å²) in [5, 5.41) is 4.12. The number of nitrogens with one attached hydrogen (secondary N) is 2. The van der Waals surface area contributed by atoms with Crippen molar-refractivity contribution in [2.24, 2.45) is 0 Å². The first-order valence-electron chi connectivity index (χ1n) is 7.91. The van der Waals surface area contributed by atoms with Gasteiger partial charge in [-0.3, -0.25) is 4.79 Å². The Morgan fingerprint density at radius 3 is 2.31 bits per heavy atom. The van der Waals surface area contributed by atoms with E-state index in [1.807, 2.05) is 24.3 Å². The SMILES string of the molecule is O=C(Nc1ccc(Cl)cc1)c1ccc(-c2nc3ccc(Cl)cc3[nH]2)cc1. The molecule has 4 nitrogen and oxygen atoms in total. The summed E-state index contributed by atoms with van der Waals surface area (Å²) in [7, 11) is 0. The summed E-state index contributed by atoms with van der Waals surface area (Å²) in [6.07, 6.45) is 0. The minimum Gasteiger partial charge on any atom is -0.338 e. The fraction of sp³-hybridized carbons (Fsp3) is 0. The molecule has 0 aliphatic rings. The number of halogens is 2. The first-order chi connectivity index (χ1) is 12.6. The van der Waals surface area contributed by atoms with Crippen LogP contribution >= 0.6 is 23.2 Å². The van der Waals surface area contributed by atoms with E-state index in [1.165, 1.54) is 0 Å². The third-order valence-corrected chi connectivity index (χ3v) is 4.45. The van der Waals surface area contributed by atoms with Gasteiger partial charge >= 0.3 is 0 Å². The van der Waals surface area contributed by atoms with E-state index in [0.717, 1.165) is 22.4 Å². The fourth-order valence-corrected chi connectivity index (χ4v) is 2.93. The van der Waals surface area contributed by atoms with Crippen molar-refractivity contribution in [1.29, 1.82) is 0 Å². The van der Waals surface area contributed by atoms with Crippen molar-refractivity contribution in [3.8, 4) is 11.4 Å². The Balaban J connectivity index is 1.55. The first-order valence-corrected chi connectivity index (χ1v) is 8.67. The van der Waals surface area contributed by atoms with E-state index in [0.29, 0.717) is 21.3 Å². The Hall–Kier alpha value is -2.82. The van der Waals surface area contributed by atoms with Gasteiger partial charge in [0.1, 0.15) is 5.82 Å². The molecule has 0 fully saturated rings. The molecule has 0 aliphatic carbocycles. The maximum Gasteiger partial charge on any atom is 0.255 e. The highest BCUT2D eigenvalue weighted by Gasteiger charge is 2.09. The van der Waals surface area contributed by atoms with Crippen LogP contribution in [0.2, 0.25) is 10.0 Å². The molecule has 26 heavy (non-hydrogen) atoms. The van der Waals surface area contributed by atoms with Crippen molar-refractivity contribution >= 4 is 45.8 Å². The third kappa shape index (κ3) is 3.43. The number of hydrogen-bond acceptors (Lipinski definition) is 2. The van der Waals surface area contributed by atoms with E-state index in [9.17, 15) is 4.79 Å². The van der Waals surface area contributed by atoms with Crippen LogP contribution in [0, 0.1) is 0 Å². The predicted molar refractivity (Wildman–Crippen MR) is 106 cm³/mol. The number of H-pyrrole nitrogens is 1. The second-order valence-electron chi connectivity index (χ2n) is 5.79. The van der Waals surface area contributed by atoms with Crippen molar-refractivity contribution in [3.05, 3.63) is 82.3 Å². The highest BCUT2D eigenvalue weighted by molar-refractivity contribution is 6.31. The van der Waals surface area contributed by atoms with Crippen LogP contribution in [0.25, 0.3) is 22.4 Å². The zero-order chi connectivity index (χ0) is 18.1. The Labute approximate surface area is 159 Å². The van der Waals surface area contributed by atoms with E-state index in [2.05, 4.69) is 15.3 Å². The van der Waals surface area contributed by atoms with Gasteiger partial charge in [0.05, 0.1) is 11.0 Å². The minimum atomic E-state index is -0.185. The lowest BCUT2D eigenvalue weighted by Crippen LogP contribution is -2.11. The normalized spacial score (nSPS) is 10.8. The zero-order valence-electron chi connectivity index (χ0n) is 13.5. The number of hydrogen-bond donors (Lipinski definition) is 2. The van der Waals surface area contributed by atoms with E-state index < -0.39 is 0 Å². The molecule has 128 valence electrons. The molecule has 0 aliphatic heterocycles. The van der Waals surface area contributed by atoms with Gasteiger partial charge in [-0.15, -0.1) is 0 Å². The summed E-state index contributed by atoms with van der Waals surface area (Å²) in [6.45, 7) is 0. The molecule has 0 saturated heterocycles. The lowest BCUT2D eigenvalue weighted by Gasteiger charge is -2.06. The van der Waals surface area contributed by atoms with Crippen LogP contribution in [-0.4, -0.2) is 15.9 Å². The summed E-state index contributed by atoms with van der Waals surface area (Å²) in [4.78, 5) is 20.1. The van der Waals surface area contributed by atoms with E-state index in [4.69, 9.17) is 23.2 Å². The maximum atomic E-state index is 12.3. The highest BCUT2D eigenvalue weighted by Crippen LogP contribution is 2.23. The third-order valence-electron chi connectivity index (χ3n) is 3.97. The Kier molecular flexibility index (Phi) is 4.37. The number of aromatic nitrogens is 2. The topological polar surface area (TPSA) is 57.8 Å². The van der Waals surface area contributed by atoms with Gasteiger partial charge in [0.25, 0.3) is 5.91 Å². The number of nitrogens with zero attached hydrogens (tertiary/aromatic N) is 1. The molecule has 0 unspecified atom stereocenters. The van der Waals surface area contributed by atoms with Crippen LogP contribution < -0.4 is 5.32 Å². The largest absolute Gasteiger partial charge is 0.338 e. The maximum absolute atomic E-state index is 12.3. The first kappa shape index (κ1) is 16.6. The van der Waals surface area contributed by atoms with Crippen molar-refractivity contribution in [3.63, 3.8) is 0 Å². The van der Waals surface area contributed by atoms with Crippen LogP contribution in [0.4, 0.5) is 5.69 Å². The van der Waals surface area contributed by atoms with Crippen LogP contribution in [0.5, 0.6) is 0 Å². The molecule has 0 atom stereocenters. The highest BCUT2D eigenvalue weighted by atomic mass is 35.5. The lowest BCUT2D eigenvalue weighted by atomic mass is 10.1. The molecule has 4 aromatic rings. The molecule has 1 aromatic heterocycles. The zero-order valence-corrected chi connectivity index (χ0v) is 15.0. The van der Waals surface area contributed by atoms with Crippen molar-refractivity contribution < 1.29 is 4.79 Å². The summed E-state index contributed by atoms with van der Waals surface area (Å²) in [5.41, 5.74) is 3.85. The van der Waals surface area contributed by atoms with Gasteiger partial charge in [-0.25, -0.2) is 4.98 Å². The quantitative estimate of drug-likeness (QED) is 0.471. The van der Waals surface area contributed by atoms with Gasteiger partial charge in [0.15, 0.2) is 0 Å². The fourth-order valence-electron chi connectivity index (χ4n) is 2.63. The average Bonchev–Trinajstić information content (AvgIpc) is 3.07. The number of carbonyl (C=O) groups excluding carboxylic acids is 1. The van der Waals surface area contributed by atoms with Crippen molar-refractivity contribution in [2.75, 3.05) is 5.32 Å². The van der Waals surface area contributed by atoms with E-state index in [-0.39, 0.29) is 5.91 Å². The number of benzene rings is 3. The monoisotopic (exact) mass is 381 g/mol. The van der Waals surface area contributed by atoms with Gasteiger partial charge in [0, 0.05) is 26.9 Å². The lowest BCUT2D eigenvalue weighted by molar-refractivity contribution is 0.102. The molecule has 2 N–H and O–H groups in total. The number of carbonyl (C=O) groups is 1. The Morgan fingerprint density at radius 2 is 1.58 bits per heavy atom. The number of aromatic amines is 1. The molecular weight excluding hydrogens is 369 g/mol. The Bertz CT molecular complexity index is 1090. The second kappa shape index (κ2) is 6.83. The number of fused-ring (bicyclic) bond motifs is 1. The smallest absolute Gasteiger partial charge is 0.255 e. The van der Waals surface area contributed by atoms with Gasteiger partial charge in [-0.1, -0.05) is 35.3 Å². The van der Waals surface area contributed by atoms with Crippen LogP contribution in [0.1, 0.15) is 10.4 Å². The molecule has 1 amide bonds. The molecular formula is C20H13Cl2N3O.